The molecular weight excluding hydrogens is 200 g/mol. The highest BCUT2D eigenvalue weighted by atomic mass is 16.4. The van der Waals surface area contributed by atoms with E-state index in [2.05, 4.69) is 6.92 Å². The molecule has 2 heteroatoms. The van der Waals surface area contributed by atoms with E-state index in [1.807, 2.05) is 13.0 Å². The molecule has 1 N–H and O–H groups in total. The van der Waals surface area contributed by atoms with Crippen LogP contribution in [0.2, 0.25) is 0 Å². The lowest BCUT2D eigenvalue weighted by Gasteiger charge is -2.08. The molecule has 0 aliphatic rings. The summed E-state index contributed by atoms with van der Waals surface area (Å²) < 4.78 is 5.27. The van der Waals surface area contributed by atoms with E-state index in [-0.39, 0.29) is 0 Å². The molecule has 0 saturated carbocycles. The van der Waals surface area contributed by atoms with Crippen LogP contribution in [0.5, 0.6) is 0 Å². The normalized spacial score (nSPS) is 12.9. The summed E-state index contributed by atoms with van der Waals surface area (Å²) in [6.07, 6.45) is 9.59. The Morgan fingerprint density at radius 2 is 1.88 bits per heavy atom. The number of hydrogen-bond acceptors (Lipinski definition) is 2. The fraction of sp³-hybridized carbons (Fsp3) is 0.714. The van der Waals surface area contributed by atoms with Gasteiger partial charge in [0.05, 0.1) is 6.26 Å². The van der Waals surface area contributed by atoms with Gasteiger partial charge in [0.25, 0.3) is 0 Å². The summed E-state index contributed by atoms with van der Waals surface area (Å²) in [6.45, 7) is 4.20. The van der Waals surface area contributed by atoms with E-state index in [4.69, 9.17) is 4.42 Å². The third kappa shape index (κ3) is 4.40. The van der Waals surface area contributed by atoms with E-state index in [1.165, 1.54) is 32.1 Å². The SMILES string of the molecule is CCCCCCCCC(O)c1occc1C. The first-order chi connectivity index (χ1) is 7.75. The zero-order valence-electron chi connectivity index (χ0n) is 10.5. The molecule has 1 heterocycles. The Kier molecular flexibility index (Phi) is 6.24. The quantitative estimate of drug-likeness (QED) is 0.665. The van der Waals surface area contributed by atoms with Gasteiger partial charge >= 0.3 is 0 Å². The molecule has 0 bridgehead atoms. The van der Waals surface area contributed by atoms with Crippen molar-refractivity contribution in [2.24, 2.45) is 0 Å². The van der Waals surface area contributed by atoms with Gasteiger partial charge in [-0.2, -0.15) is 0 Å². The predicted octanol–water partition coefficient (Wildman–Crippen LogP) is 4.37. The molecular formula is C14H24O2. The molecule has 0 saturated heterocycles. The summed E-state index contributed by atoms with van der Waals surface area (Å²) >= 11 is 0. The average Bonchev–Trinajstić information content (AvgIpc) is 2.69. The van der Waals surface area contributed by atoms with Gasteiger partial charge in [-0.15, -0.1) is 0 Å². The van der Waals surface area contributed by atoms with E-state index in [9.17, 15) is 5.11 Å². The zero-order chi connectivity index (χ0) is 11.8. The molecule has 0 amide bonds. The van der Waals surface area contributed by atoms with E-state index < -0.39 is 6.10 Å². The molecule has 1 rings (SSSR count). The van der Waals surface area contributed by atoms with E-state index in [1.54, 1.807) is 6.26 Å². The highest BCUT2D eigenvalue weighted by Gasteiger charge is 2.12. The van der Waals surface area contributed by atoms with Crippen molar-refractivity contribution in [3.63, 3.8) is 0 Å². The highest BCUT2D eigenvalue weighted by molar-refractivity contribution is 5.16. The molecule has 0 aromatic carbocycles. The number of unbranched alkanes of at least 4 members (excludes halogenated alkanes) is 5. The Morgan fingerprint density at radius 3 is 2.50 bits per heavy atom. The second-order valence-corrected chi connectivity index (χ2v) is 4.54. The molecule has 0 spiro atoms. The molecule has 0 aliphatic carbocycles. The van der Waals surface area contributed by atoms with Gasteiger partial charge in [-0.3, -0.25) is 0 Å². The Morgan fingerprint density at radius 1 is 1.19 bits per heavy atom. The van der Waals surface area contributed by atoms with Gasteiger partial charge in [-0.05, 0) is 25.0 Å². The van der Waals surface area contributed by atoms with Crippen LogP contribution >= 0.6 is 0 Å². The van der Waals surface area contributed by atoms with Crippen LogP contribution in [-0.4, -0.2) is 5.11 Å². The smallest absolute Gasteiger partial charge is 0.135 e. The first-order valence-corrected chi connectivity index (χ1v) is 6.47. The summed E-state index contributed by atoms with van der Waals surface area (Å²) in [5.41, 5.74) is 1.05. The van der Waals surface area contributed by atoms with Crippen LogP contribution in [0, 0.1) is 6.92 Å². The second kappa shape index (κ2) is 7.50. The van der Waals surface area contributed by atoms with E-state index in [0.717, 1.165) is 24.2 Å². The predicted molar refractivity (Wildman–Crippen MR) is 66.4 cm³/mol. The van der Waals surface area contributed by atoms with Gasteiger partial charge in [0.1, 0.15) is 11.9 Å². The van der Waals surface area contributed by atoms with Crippen LogP contribution in [0.3, 0.4) is 0 Å². The van der Waals surface area contributed by atoms with Crippen LogP contribution in [0.25, 0.3) is 0 Å². The van der Waals surface area contributed by atoms with Crippen molar-refractivity contribution in [3.05, 3.63) is 23.7 Å². The maximum atomic E-state index is 9.90. The maximum absolute atomic E-state index is 9.90. The molecule has 1 aromatic rings. The molecule has 1 unspecified atom stereocenters. The largest absolute Gasteiger partial charge is 0.466 e. The van der Waals surface area contributed by atoms with Gasteiger partial charge in [-0.1, -0.05) is 45.4 Å². The number of aliphatic hydroxyl groups is 1. The van der Waals surface area contributed by atoms with Crippen molar-refractivity contribution >= 4 is 0 Å². The number of furan rings is 1. The van der Waals surface area contributed by atoms with Crippen molar-refractivity contribution in [2.75, 3.05) is 0 Å². The van der Waals surface area contributed by atoms with Crippen LogP contribution in [0.4, 0.5) is 0 Å². The molecule has 1 aromatic heterocycles. The van der Waals surface area contributed by atoms with Crippen molar-refractivity contribution in [1.29, 1.82) is 0 Å². The number of aryl methyl sites for hydroxylation is 1. The minimum Gasteiger partial charge on any atom is -0.466 e. The van der Waals surface area contributed by atoms with Crippen LogP contribution in [0.15, 0.2) is 16.7 Å². The molecule has 0 radical (unpaired) electrons. The lowest BCUT2D eigenvalue weighted by Crippen LogP contribution is -1.97. The lowest BCUT2D eigenvalue weighted by molar-refractivity contribution is 0.136. The van der Waals surface area contributed by atoms with Crippen molar-refractivity contribution in [2.45, 2.75) is 64.9 Å². The summed E-state index contributed by atoms with van der Waals surface area (Å²) in [4.78, 5) is 0. The molecule has 2 nitrogen and oxygen atoms in total. The van der Waals surface area contributed by atoms with Gasteiger partial charge in [0.2, 0.25) is 0 Å². The summed E-state index contributed by atoms with van der Waals surface area (Å²) in [7, 11) is 0. The first-order valence-electron chi connectivity index (χ1n) is 6.47. The fourth-order valence-corrected chi connectivity index (χ4v) is 1.97. The van der Waals surface area contributed by atoms with Gasteiger partial charge in [-0.25, -0.2) is 0 Å². The third-order valence-corrected chi connectivity index (χ3v) is 3.04. The monoisotopic (exact) mass is 224 g/mol. The average molecular weight is 224 g/mol. The maximum Gasteiger partial charge on any atom is 0.135 e. The Hall–Kier alpha value is -0.760. The summed E-state index contributed by atoms with van der Waals surface area (Å²) in [6, 6.07) is 1.90. The topological polar surface area (TPSA) is 33.4 Å². The van der Waals surface area contributed by atoms with Crippen molar-refractivity contribution in [1.82, 2.24) is 0 Å². The molecule has 16 heavy (non-hydrogen) atoms. The minimum atomic E-state index is -0.416. The molecule has 0 fully saturated rings. The van der Waals surface area contributed by atoms with Gasteiger partial charge in [0.15, 0.2) is 0 Å². The molecule has 92 valence electrons. The summed E-state index contributed by atoms with van der Waals surface area (Å²) in [5, 5.41) is 9.90. The zero-order valence-corrected chi connectivity index (χ0v) is 10.5. The lowest BCUT2D eigenvalue weighted by atomic mass is 10.0. The Bertz CT molecular complexity index is 278. The molecule has 0 aliphatic heterocycles. The second-order valence-electron chi connectivity index (χ2n) is 4.54. The minimum absolute atomic E-state index is 0.416. The van der Waals surface area contributed by atoms with E-state index in [0.29, 0.717) is 0 Å². The highest BCUT2D eigenvalue weighted by Crippen LogP contribution is 2.23. The van der Waals surface area contributed by atoms with Crippen LogP contribution in [0.1, 0.15) is 69.3 Å². The Labute approximate surface area is 98.7 Å². The molecule has 1 atom stereocenters. The fourth-order valence-electron chi connectivity index (χ4n) is 1.97. The van der Waals surface area contributed by atoms with Crippen LogP contribution in [-0.2, 0) is 0 Å². The number of aliphatic hydroxyl groups excluding tert-OH is 1. The van der Waals surface area contributed by atoms with Gasteiger partial charge < -0.3 is 9.52 Å². The Balaban J connectivity index is 2.11. The van der Waals surface area contributed by atoms with Crippen molar-refractivity contribution < 1.29 is 9.52 Å². The van der Waals surface area contributed by atoms with E-state index >= 15 is 0 Å². The van der Waals surface area contributed by atoms with Crippen molar-refractivity contribution in [3.8, 4) is 0 Å². The van der Waals surface area contributed by atoms with Gasteiger partial charge in [0, 0.05) is 0 Å². The number of hydrogen-bond donors (Lipinski definition) is 1. The first kappa shape index (κ1) is 13.3. The third-order valence-electron chi connectivity index (χ3n) is 3.04. The number of rotatable bonds is 8. The summed E-state index contributed by atoms with van der Waals surface area (Å²) in [5.74, 6) is 0.744. The standard InChI is InChI=1S/C14H24O2/c1-3-4-5-6-7-8-9-13(15)14-12(2)10-11-16-14/h10-11,13,15H,3-9H2,1-2H3. The van der Waals surface area contributed by atoms with Crippen LogP contribution < -0.4 is 0 Å².